The predicted molar refractivity (Wildman–Crippen MR) is 95.4 cm³/mol. The van der Waals surface area contributed by atoms with Crippen LogP contribution in [-0.2, 0) is 6.54 Å². The zero-order valence-corrected chi connectivity index (χ0v) is 14.8. The van der Waals surface area contributed by atoms with E-state index in [-0.39, 0.29) is 5.91 Å². The third-order valence-corrected chi connectivity index (χ3v) is 5.42. The number of nitrogens with one attached hydrogen (secondary N) is 1. The minimum Gasteiger partial charge on any atom is -0.334 e. The van der Waals surface area contributed by atoms with Gasteiger partial charge in [-0.15, -0.1) is 0 Å². The largest absolute Gasteiger partial charge is 0.334 e. The van der Waals surface area contributed by atoms with E-state index < -0.39 is 5.54 Å². The second-order valence-electron chi connectivity index (χ2n) is 5.92. The van der Waals surface area contributed by atoms with Gasteiger partial charge in [0.15, 0.2) is 0 Å². The van der Waals surface area contributed by atoms with Gasteiger partial charge >= 0.3 is 0 Å². The van der Waals surface area contributed by atoms with Crippen molar-refractivity contribution in [2.45, 2.75) is 38.8 Å². The first kappa shape index (κ1) is 17.8. The van der Waals surface area contributed by atoms with Gasteiger partial charge in [-0.3, -0.25) is 9.69 Å². The molecule has 1 saturated heterocycles. The van der Waals surface area contributed by atoms with Gasteiger partial charge in [0.1, 0.15) is 5.54 Å². The molecule has 0 spiro atoms. The molecule has 0 aliphatic carbocycles. The van der Waals surface area contributed by atoms with Crippen molar-refractivity contribution in [2.24, 2.45) is 0 Å². The summed E-state index contributed by atoms with van der Waals surface area (Å²) in [5, 5.41) is 12.4. The lowest BCUT2D eigenvalue weighted by Crippen LogP contribution is -2.49. The lowest BCUT2D eigenvalue weighted by Gasteiger charge is -2.31. The second kappa shape index (κ2) is 8.37. The molecule has 0 atom stereocenters. The molecule has 4 nitrogen and oxygen atoms in total. The van der Waals surface area contributed by atoms with Gasteiger partial charge < -0.3 is 5.32 Å². The van der Waals surface area contributed by atoms with E-state index in [2.05, 4.69) is 30.1 Å². The molecule has 1 aromatic carbocycles. The van der Waals surface area contributed by atoms with Crippen LogP contribution in [0.5, 0.6) is 0 Å². The topological polar surface area (TPSA) is 56.1 Å². The summed E-state index contributed by atoms with van der Waals surface area (Å²) in [6, 6.07) is 10.0. The van der Waals surface area contributed by atoms with Gasteiger partial charge in [0.25, 0.3) is 5.91 Å². The molecule has 2 rings (SSSR count). The summed E-state index contributed by atoms with van der Waals surface area (Å²) < 4.78 is 0. The third kappa shape index (κ3) is 4.73. The molecular formula is C18H25N3OS. The number of thioether (sulfide) groups is 1. The molecule has 23 heavy (non-hydrogen) atoms. The fraction of sp³-hybridized carbons (Fsp3) is 0.556. The maximum atomic E-state index is 12.4. The molecule has 1 N–H and O–H groups in total. The van der Waals surface area contributed by atoms with E-state index in [0.717, 1.165) is 44.0 Å². The van der Waals surface area contributed by atoms with E-state index in [9.17, 15) is 10.1 Å². The average molecular weight is 331 g/mol. The maximum Gasteiger partial charge on any atom is 0.252 e. The molecule has 0 radical (unpaired) electrons. The minimum absolute atomic E-state index is 0.146. The molecule has 0 saturated carbocycles. The molecular weight excluding hydrogens is 306 g/mol. The highest BCUT2D eigenvalue weighted by molar-refractivity contribution is 7.99. The Kier molecular flexibility index (Phi) is 6.49. The number of amides is 1. The zero-order chi connectivity index (χ0) is 16.7. The Morgan fingerprint density at radius 3 is 2.39 bits per heavy atom. The summed E-state index contributed by atoms with van der Waals surface area (Å²) in [7, 11) is 0. The smallest absolute Gasteiger partial charge is 0.252 e. The summed E-state index contributed by atoms with van der Waals surface area (Å²) >= 11 is 1.84. The Morgan fingerprint density at radius 2 is 1.87 bits per heavy atom. The molecule has 1 aromatic rings. The van der Waals surface area contributed by atoms with Crippen LogP contribution in [0.1, 0.15) is 42.6 Å². The highest BCUT2D eigenvalue weighted by Crippen LogP contribution is 2.26. The van der Waals surface area contributed by atoms with Crippen LogP contribution in [0.25, 0.3) is 0 Å². The molecule has 1 amide bonds. The number of carbonyl (C=O) groups is 1. The predicted octanol–water partition coefficient (Wildman–Crippen LogP) is 3.05. The van der Waals surface area contributed by atoms with Gasteiger partial charge in [-0.25, -0.2) is 0 Å². The Labute approximate surface area is 143 Å². The summed E-state index contributed by atoms with van der Waals surface area (Å²) in [5.74, 6) is 1.71. The van der Waals surface area contributed by atoms with Gasteiger partial charge in [-0.05, 0) is 55.1 Å². The normalized spacial score (nSPS) is 16.8. The van der Waals surface area contributed by atoms with Crippen LogP contribution in [-0.4, -0.2) is 40.9 Å². The Morgan fingerprint density at radius 1 is 1.26 bits per heavy atom. The van der Waals surface area contributed by atoms with Crippen molar-refractivity contribution in [3.63, 3.8) is 0 Å². The van der Waals surface area contributed by atoms with Crippen molar-refractivity contribution in [1.29, 1.82) is 5.26 Å². The Hall–Kier alpha value is -1.51. The van der Waals surface area contributed by atoms with Crippen LogP contribution >= 0.6 is 11.8 Å². The van der Waals surface area contributed by atoms with Crippen molar-refractivity contribution in [3.8, 4) is 6.07 Å². The van der Waals surface area contributed by atoms with Gasteiger partial charge in [-0.2, -0.15) is 17.0 Å². The molecule has 124 valence electrons. The quantitative estimate of drug-likeness (QED) is 0.870. The van der Waals surface area contributed by atoms with Gasteiger partial charge in [-0.1, -0.05) is 26.0 Å². The van der Waals surface area contributed by atoms with E-state index in [1.165, 1.54) is 5.56 Å². The number of rotatable bonds is 6. The highest BCUT2D eigenvalue weighted by atomic mass is 32.2. The first-order chi connectivity index (χ1) is 11.1. The lowest BCUT2D eigenvalue weighted by atomic mass is 9.93. The number of nitrogens with zero attached hydrogens (tertiary/aromatic N) is 2. The van der Waals surface area contributed by atoms with Gasteiger partial charge in [0, 0.05) is 12.1 Å². The van der Waals surface area contributed by atoms with Crippen LogP contribution in [0.2, 0.25) is 0 Å². The van der Waals surface area contributed by atoms with E-state index in [0.29, 0.717) is 5.56 Å². The third-order valence-electron chi connectivity index (χ3n) is 4.43. The molecule has 1 heterocycles. The summed E-state index contributed by atoms with van der Waals surface area (Å²) in [6.07, 6.45) is 1.44. The Bertz CT molecular complexity index is 555. The first-order valence-corrected chi connectivity index (χ1v) is 9.40. The van der Waals surface area contributed by atoms with E-state index in [4.69, 9.17) is 0 Å². The highest BCUT2D eigenvalue weighted by Gasteiger charge is 2.34. The van der Waals surface area contributed by atoms with Gasteiger partial charge in [0.2, 0.25) is 0 Å². The number of carbonyl (C=O) groups excluding carboxylic acids is 1. The van der Waals surface area contributed by atoms with Crippen LogP contribution < -0.4 is 5.32 Å². The van der Waals surface area contributed by atoms with E-state index >= 15 is 0 Å². The van der Waals surface area contributed by atoms with Crippen molar-refractivity contribution in [3.05, 3.63) is 35.4 Å². The molecule has 0 aromatic heterocycles. The van der Waals surface area contributed by atoms with Crippen molar-refractivity contribution in [1.82, 2.24) is 10.2 Å². The maximum absolute atomic E-state index is 12.4. The number of nitriles is 1. The van der Waals surface area contributed by atoms with Crippen molar-refractivity contribution < 1.29 is 4.79 Å². The molecule has 1 fully saturated rings. The number of hydrogen-bond donors (Lipinski definition) is 1. The number of hydrogen-bond acceptors (Lipinski definition) is 4. The number of benzene rings is 1. The minimum atomic E-state index is -0.692. The summed E-state index contributed by atoms with van der Waals surface area (Å²) in [5.41, 5.74) is 1.14. The second-order valence-corrected chi connectivity index (χ2v) is 7.14. The average Bonchev–Trinajstić information content (AvgIpc) is 2.61. The summed E-state index contributed by atoms with van der Waals surface area (Å²) in [6.45, 7) is 7.22. The summed E-state index contributed by atoms with van der Waals surface area (Å²) in [4.78, 5) is 14.8. The van der Waals surface area contributed by atoms with Crippen LogP contribution in [0, 0.1) is 11.3 Å². The van der Waals surface area contributed by atoms with Crippen molar-refractivity contribution in [2.75, 3.05) is 24.6 Å². The Balaban J connectivity index is 2.01. The standard InChI is InChI=1S/C18H25N3OS/c1-3-21(4-2)13-15-5-7-16(8-6-15)17(22)20-18(14-19)9-11-23-12-10-18/h5-8H,3-4,9-13H2,1-2H3,(H,20,22). The van der Waals surface area contributed by atoms with Crippen molar-refractivity contribution >= 4 is 17.7 Å². The first-order valence-electron chi connectivity index (χ1n) is 8.25. The van der Waals surface area contributed by atoms with Crippen LogP contribution in [0.4, 0.5) is 0 Å². The zero-order valence-electron chi connectivity index (χ0n) is 14.0. The SMILES string of the molecule is CCN(CC)Cc1ccc(C(=O)NC2(C#N)CCSCC2)cc1. The van der Waals surface area contributed by atoms with Crippen LogP contribution in [0.15, 0.2) is 24.3 Å². The molecule has 5 heteroatoms. The fourth-order valence-corrected chi connectivity index (χ4v) is 3.93. The van der Waals surface area contributed by atoms with Crippen LogP contribution in [0.3, 0.4) is 0 Å². The monoisotopic (exact) mass is 331 g/mol. The fourth-order valence-electron chi connectivity index (χ4n) is 2.74. The van der Waals surface area contributed by atoms with E-state index in [1.54, 1.807) is 0 Å². The van der Waals surface area contributed by atoms with E-state index in [1.807, 2.05) is 36.0 Å². The molecule has 0 unspecified atom stereocenters. The lowest BCUT2D eigenvalue weighted by molar-refractivity contribution is 0.0915. The molecule has 1 aliphatic heterocycles. The van der Waals surface area contributed by atoms with Gasteiger partial charge in [0.05, 0.1) is 6.07 Å². The molecule has 1 aliphatic rings. The molecule has 0 bridgehead atoms.